The lowest BCUT2D eigenvalue weighted by atomic mass is 10.1. The van der Waals surface area contributed by atoms with E-state index in [0.29, 0.717) is 12.2 Å². The van der Waals surface area contributed by atoms with Crippen LogP contribution in [0.25, 0.3) is 32.3 Å². The minimum Gasteiger partial charge on any atom is -0.388 e. The van der Waals surface area contributed by atoms with Crippen molar-refractivity contribution in [2.45, 2.75) is 12.2 Å². The van der Waals surface area contributed by atoms with Gasteiger partial charge in [-0.3, -0.25) is 0 Å². The third kappa shape index (κ3) is 18.3. The Morgan fingerprint density at radius 3 is 0.604 bits per heavy atom. The zero-order valence-corrected chi connectivity index (χ0v) is 29.3. The van der Waals surface area contributed by atoms with Crippen molar-refractivity contribution in [2.75, 3.05) is 69.1 Å². The number of hydrogen-bond donors (Lipinski definition) is 0. The van der Waals surface area contributed by atoms with Gasteiger partial charge in [-0.05, 0) is 32.3 Å². The highest BCUT2D eigenvalue weighted by Crippen LogP contribution is 2.13. The van der Waals surface area contributed by atoms with Crippen molar-refractivity contribution < 1.29 is 28.4 Å². The minimum atomic E-state index is 0.426. The molecule has 0 spiro atoms. The summed E-state index contributed by atoms with van der Waals surface area (Å²) in [5.41, 5.74) is 0. The molecule has 0 radical (unpaired) electrons. The third-order valence-corrected chi connectivity index (χ3v) is 6.49. The topological polar surface area (TPSA) is 62.0 Å². The quantitative estimate of drug-likeness (QED) is 0.177. The molecule has 6 aromatic rings. The molecular formula is C42H52O6. The van der Waals surface area contributed by atoms with Gasteiger partial charge in [-0.15, -0.1) is 0 Å². The molecule has 256 valence electrons. The second-order valence-electron chi connectivity index (χ2n) is 10.7. The van der Waals surface area contributed by atoms with Gasteiger partial charge in [0.25, 0.3) is 0 Å². The van der Waals surface area contributed by atoms with Crippen LogP contribution in [0, 0.1) is 0 Å². The van der Waals surface area contributed by atoms with Gasteiger partial charge in [-0.25, -0.2) is 0 Å². The number of epoxide rings is 2. The van der Waals surface area contributed by atoms with Gasteiger partial charge in [0.15, 0.2) is 0 Å². The molecule has 0 bridgehead atoms. The molecule has 2 aliphatic heterocycles. The molecular weight excluding hydrogens is 600 g/mol. The van der Waals surface area contributed by atoms with Crippen molar-refractivity contribution in [2.24, 2.45) is 0 Å². The molecule has 2 atom stereocenters. The summed E-state index contributed by atoms with van der Waals surface area (Å²) in [7, 11) is 9.86. The van der Waals surface area contributed by atoms with Crippen molar-refractivity contribution >= 4 is 32.3 Å². The van der Waals surface area contributed by atoms with E-state index in [0.717, 1.165) is 26.4 Å². The Balaban J connectivity index is 0.000000203. The lowest BCUT2D eigenvalue weighted by Gasteiger charge is -1.92. The van der Waals surface area contributed by atoms with E-state index in [1.54, 1.807) is 42.7 Å². The first kappa shape index (κ1) is 40.0. The third-order valence-electron chi connectivity index (χ3n) is 6.49. The lowest BCUT2D eigenvalue weighted by molar-refractivity contribution is 0.171. The number of ether oxygens (including phenoxy) is 6. The van der Waals surface area contributed by atoms with E-state index in [9.17, 15) is 0 Å². The first-order valence-electron chi connectivity index (χ1n) is 15.9. The van der Waals surface area contributed by atoms with Crippen LogP contribution in [0.15, 0.2) is 146 Å². The van der Waals surface area contributed by atoms with Crippen LogP contribution in [0.1, 0.15) is 0 Å². The number of hydrogen-bond acceptors (Lipinski definition) is 6. The second kappa shape index (κ2) is 25.9. The average molecular weight is 653 g/mol. The van der Waals surface area contributed by atoms with Crippen molar-refractivity contribution in [1.82, 2.24) is 0 Å². The van der Waals surface area contributed by atoms with E-state index in [4.69, 9.17) is 18.9 Å². The molecule has 2 heterocycles. The van der Waals surface area contributed by atoms with Crippen LogP contribution in [-0.2, 0) is 28.4 Å². The predicted octanol–water partition coefficient (Wildman–Crippen LogP) is 9.11. The Kier molecular flexibility index (Phi) is 21.6. The summed E-state index contributed by atoms with van der Waals surface area (Å²) in [6.45, 7) is 3.32. The van der Waals surface area contributed by atoms with Crippen LogP contribution in [0.2, 0.25) is 0 Å². The summed E-state index contributed by atoms with van der Waals surface area (Å²) in [4.78, 5) is 0. The summed E-state index contributed by atoms with van der Waals surface area (Å²) in [6.07, 6.45) is 0.852. The molecule has 48 heavy (non-hydrogen) atoms. The Labute approximate surface area is 287 Å². The van der Waals surface area contributed by atoms with Crippen molar-refractivity contribution in [3.8, 4) is 0 Å². The molecule has 2 aliphatic rings. The Bertz CT molecular complexity index is 1250. The van der Waals surface area contributed by atoms with E-state index >= 15 is 0 Å². The predicted molar refractivity (Wildman–Crippen MR) is 201 cm³/mol. The van der Waals surface area contributed by atoms with Gasteiger partial charge in [0.05, 0.1) is 26.4 Å². The maximum atomic E-state index is 4.82. The normalized spacial score (nSPS) is 14.6. The van der Waals surface area contributed by atoms with E-state index < -0.39 is 0 Å². The summed E-state index contributed by atoms with van der Waals surface area (Å²) >= 11 is 0. The summed E-state index contributed by atoms with van der Waals surface area (Å²) < 4.78 is 27.6. The summed E-state index contributed by atoms with van der Waals surface area (Å²) in [6, 6.07) is 50.1. The van der Waals surface area contributed by atoms with Crippen LogP contribution in [-0.4, -0.2) is 81.3 Å². The molecule has 0 saturated carbocycles. The van der Waals surface area contributed by atoms with Crippen molar-refractivity contribution in [3.05, 3.63) is 146 Å². The molecule has 6 nitrogen and oxygen atoms in total. The zero-order valence-electron chi connectivity index (χ0n) is 29.3. The molecule has 0 aliphatic carbocycles. The van der Waals surface area contributed by atoms with E-state index in [1.165, 1.54) is 32.3 Å². The average Bonchev–Trinajstić information content (AvgIpc) is 4.09. The molecule has 0 N–H and O–H groups in total. The fourth-order valence-electron chi connectivity index (χ4n) is 4.10. The van der Waals surface area contributed by atoms with Crippen molar-refractivity contribution in [1.29, 1.82) is 0 Å². The van der Waals surface area contributed by atoms with Gasteiger partial charge in [-0.1, -0.05) is 146 Å². The minimum absolute atomic E-state index is 0.426. The highest BCUT2D eigenvalue weighted by molar-refractivity contribution is 5.83. The maximum absolute atomic E-state index is 4.82. The summed E-state index contributed by atoms with van der Waals surface area (Å²) in [5.74, 6) is 0. The van der Waals surface area contributed by atoms with Crippen molar-refractivity contribution in [3.63, 3.8) is 0 Å². The number of methoxy groups -OCH3 is 4. The smallest absolute Gasteiger partial charge is 0.104 e. The highest BCUT2D eigenvalue weighted by atomic mass is 16.6. The Hall–Kier alpha value is -4.14. The monoisotopic (exact) mass is 652 g/mol. The largest absolute Gasteiger partial charge is 0.388 e. The Morgan fingerprint density at radius 1 is 0.375 bits per heavy atom. The van der Waals surface area contributed by atoms with Gasteiger partial charge < -0.3 is 28.4 Å². The van der Waals surface area contributed by atoms with E-state index in [2.05, 4.69) is 155 Å². The van der Waals surface area contributed by atoms with Crippen LogP contribution < -0.4 is 0 Å². The fourth-order valence-corrected chi connectivity index (χ4v) is 4.10. The second-order valence-corrected chi connectivity index (χ2v) is 10.7. The molecule has 0 amide bonds. The zero-order chi connectivity index (χ0) is 34.7. The standard InChI is InChI=1S/3C10H8.2C4H8O2.2C2H6O/c3*1-2-6-10-8-4-3-7-9(10)5-1;2*1-5-2-4-3-6-4;2*1-3-2/h3*1-8H;2*4H,2-3H2,1H3;2*1-2H3. The van der Waals surface area contributed by atoms with Gasteiger partial charge in [0.2, 0.25) is 0 Å². The van der Waals surface area contributed by atoms with Crippen LogP contribution in [0.5, 0.6) is 0 Å². The van der Waals surface area contributed by atoms with Crippen LogP contribution in [0.4, 0.5) is 0 Å². The maximum Gasteiger partial charge on any atom is 0.104 e. The van der Waals surface area contributed by atoms with Gasteiger partial charge in [0.1, 0.15) is 12.2 Å². The van der Waals surface area contributed by atoms with Crippen LogP contribution >= 0.6 is 0 Å². The number of rotatable bonds is 4. The van der Waals surface area contributed by atoms with Gasteiger partial charge in [-0.2, -0.15) is 0 Å². The highest BCUT2D eigenvalue weighted by Gasteiger charge is 2.21. The lowest BCUT2D eigenvalue weighted by Crippen LogP contribution is -1.94. The molecule has 2 saturated heterocycles. The molecule has 8 rings (SSSR count). The van der Waals surface area contributed by atoms with Gasteiger partial charge in [0, 0.05) is 42.7 Å². The molecule has 0 aromatic heterocycles. The fraction of sp³-hybridized carbons (Fsp3) is 0.286. The number of benzene rings is 6. The van der Waals surface area contributed by atoms with Gasteiger partial charge >= 0.3 is 0 Å². The summed E-state index contributed by atoms with van der Waals surface area (Å²) in [5, 5.41) is 7.86. The molecule has 2 unspecified atom stereocenters. The van der Waals surface area contributed by atoms with Crippen LogP contribution in [0.3, 0.4) is 0 Å². The number of fused-ring (bicyclic) bond motifs is 3. The SMILES string of the molecule is COC.COC.COCC1CO1.COCC1CO1.c1ccc2ccccc2c1.c1ccc2ccccc2c1.c1ccc2ccccc2c1. The Morgan fingerprint density at radius 2 is 0.521 bits per heavy atom. The molecule has 2 fully saturated rings. The molecule has 6 heteroatoms. The first-order valence-corrected chi connectivity index (χ1v) is 15.9. The van der Waals surface area contributed by atoms with E-state index in [-0.39, 0.29) is 0 Å². The molecule has 6 aromatic carbocycles. The van der Waals surface area contributed by atoms with E-state index in [1.807, 2.05) is 0 Å². The first-order chi connectivity index (χ1) is 23.6.